The Kier molecular flexibility index (Phi) is 5.56. The van der Waals surface area contributed by atoms with Crippen LogP contribution in [0.3, 0.4) is 0 Å². The van der Waals surface area contributed by atoms with Crippen molar-refractivity contribution in [2.75, 3.05) is 35.2 Å². The number of carbonyl (C=O) groups is 1. The van der Waals surface area contributed by atoms with Gasteiger partial charge >= 0.3 is 6.01 Å². The minimum atomic E-state index is -3.80. The first-order valence-electron chi connectivity index (χ1n) is 11.6. The lowest BCUT2D eigenvalue weighted by atomic mass is 9.91. The zero-order chi connectivity index (χ0) is 25.1. The van der Waals surface area contributed by atoms with Crippen molar-refractivity contribution in [1.82, 2.24) is 10.2 Å². The van der Waals surface area contributed by atoms with E-state index in [2.05, 4.69) is 10.2 Å². The van der Waals surface area contributed by atoms with Gasteiger partial charge in [-0.1, -0.05) is 28.8 Å². The summed E-state index contributed by atoms with van der Waals surface area (Å²) in [7, 11) is -3.80. The Bertz CT molecular complexity index is 1430. The summed E-state index contributed by atoms with van der Waals surface area (Å²) in [5.41, 5.74) is 7.39. The number of halogens is 1. The van der Waals surface area contributed by atoms with E-state index in [0.29, 0.717) is 29.7 Å². The second kappa shape index (κ2) is 8.55. The zero-order valence-corrected chi connectivity index (χ0v) is 20.8. The van der Waals surface area contributed by atoms with Gasteiger partial charge < -0.3 is 24.7 Å². The SMILES string of the molecule is N[C@H]1CS(=O)(=O)c2ccc(-c3nnc(N4CC5(CCCO5)C4)o3)cc2N(Cc2ccc(Cl)cc2)C1=O. The largest absolute Gasteiger partial charge is 0.403 e. The van der Waals surface area contributed by atoms with Crippen molar-refractivity contribution in [1.29, 1.82) is 0 Å². The number of hydrogen-bond acceptors (Lipinski definition) is 9. The molecule has 3 aromatic rings. The Labute approximate surface area is 212 Å². The lowest BCUT2D eigenvalue weighted by molar-refractivity contribution is -0.119. The van der Waals surface area contributed by atoms with Gasteiger partial charge in [-0.2, -0.15) is 0 Å². The average Bonchev–Trinajstić information content (AvgIpc) is 3.50. The Morgan fingerprint density at radius 1 is 1.14 bits per heavy atom. The molecule has 12 heteroatoms. The van der Waals surface area contributed by atoms with Crippen LogP contribution in [-0.2, 0) is 25.9 Å². The molecule has 1 spiro atoms. The number of anilines is 2. The molecule has 10 nitrogen and oxygen atoms in total. The number of carbonyl (C=O) groups excluding carboxylic acids is 1. The molecule has 2 N–H and O–H groups in total. The van der Waals surface area contributed by atoms with Crippen molar-refractivity contribution in [2.45, 2.75) is 35.9 Å². The zero-order valence-electron chi connectivity index (χ0n) is 19.3. The third kappa shape index (κ3) is 4.05. The number of amides is 1. The molecular formula is C24H24ClN5O5S. The minimum Gasteiger partial charge on any atom is -0.403 e. The van der Waals surface area contributed by atoms with E-state index in [1.807, 2.05) is 4.90 Å². The normalized spacial score (nSPS) is 22.4. The fraction of sp³-hybridized carbons (Fsp3) is 0.375. The lowest BCUT2D eigenvalue weighted by Crippen LogP contribution is -2.61. The predicted octanol–water partition coefficient (Wildman–Crippen LogP) is 2.41. The molecular weight excluding hydrogens is 506 g/mol. The number of benzene rings is 2. The van der Waals surface area contributed by atoms with Crippen LogP contribution in [0.25, 0.3) is 11.5 Å². The maximum Gasteiger partial charge on any atom is 0.318 e. The first kappa shape index (κ1) is 23.4. The van der Waals surface area contributed by atoms with Crippen molar-refractivity contribution in [3.63, 3.8) is 0 Å². The van der Waals surface area contributed by atoms with Gasteiger partial charge in [0.25, 0.3) is 0 Å². The highest BCUT2D eigenvalue weighted by atomic mass is 35.5. The molecule has 0 saturated carbocycles. The van der Waals surface area contributed by atoms with Gasteiger partial charge in [-0.15, -0.1) is 5.10 Å². The van der Waals surface area contributed by atoms with E-state index in [0.717, 1.165) is 25.0 Å². The monoisotopic (exact) mass is 529 g/mol. The number of rotatable bonds is 4. The summed E-state index contributed by atoms with van der Waals surface area (Å²) >= 11 is 6.00. The Hall–Kier alpha value is -2.99. The molecule has 1 amide bonds. The molecule has 36 heavy (non-hydrogen) atoms. The molecule has 3 aliphatic heterocycles. The van der Waals surface area contributed by atoms with Crippen LogP contribution < -0.4 is 15.5 Å². The van der Waals surface area contributed by atoms with E-state index >= 15 is 0 Å². The molecule has 4 heterocycles. The summed E-state index contributed by atoms with van der Waals surface area (Å²) in [6.45, 7) is 2.28. The summed E-state index contributed by atoms with van der Waals surface area (Å²) < 4.78 is 37.9. The van der Waals surface area contributed by atoms with E-state index in [4.69, 9.17) is 26.5 Å². The van der Waals surface area contributed by atoms with Crippen LogP contribution >= 0.6 is 11.6 Å². The summed E-state index contributed by atoms with van der Waals surface area (Å²) in [6.07, 6.45) is 2.07. The number of hydrogen-bond donors (Lipinski definition) is 1. The highest BCUT2D eigenvalue weighted by Gasteiger charge is 2.48. The van der Waals surface area contributed by atoms with E-state index in [1.165, 1.54) is 11.0 Å². The predicted molar refractivity (Wildman–Crippen MR) is 133 cm³/mol. The second-order valence-corrected chi connectivity index (χ2v) is 11.9. The number of fused-ring (bicyclic) bond motifs is 1. The first-order chi connectivity index (χ1) is 17.2. The first-order valence-corrected chi connectivity index (χ1v) is 13.7. The van der Waals surface area contributed by atoms with Crippen molar-refractivity contribution < 1.29 is 22.4 Å². The molecule has 0 radical (unpaired) electrons. The van der Waals surface area contributed by atoms with E-state index in [9.17, 15) is 13.2 Å². The molecule has 2 saturated heterocycles. The second-order valence-electron chi connectivity index (χ2n) is 9.50. The summed E-state index contributed by atoms with van der Waals surface area (Å²) in [5, 5.41) is 8.91. The minimum absolute atomic E-state index is 0.0318. The molecule has 188 valence electrons. The molecule has 6 rings (SSSR count). The summed E-state index contributed by atoms with van der Waals surface area (Å²) in [4.78, 5) is 16.6. The van der Waals surface area contributed by atoms with Gasteiger partial charge in [-0.05, 0) is 48.7 Å². The fourth-order valence-corrected chi connectivity index (χ4v) is 6.71. The van der Waals surface area contributed by atoms with Crippen molar-refractivity contribution in [3.05, 3.63) is 53.1 Å². The highest BCUT2D eigenvalue weighted by Crippen LogP contribution is 2.39. The van der Waals surface area contributed by atoms with Crippen LogP contribution in [0.1, 0.15) is 18.4 Å². The fourth-order valence-electron chi connectivity index (χ4n) is 5.03. The number of nitrogens with two attached hydrogens (primary N) is 1. The smallest absolute Gasteiger partial charge is 0.318 e. The topological polar surface area (TPSA) is 132 Å². The van der Waals surface area contributed by atoms with Crippen LogP contribution in [0.5, 0.6) is 0 Å². The van der Waals surface area contributed by atoms with Crippen LogP contribution in [0, 0.1) is 0 Å². The van der Waals surface area contributed by atoms with Gasteiger partial charge in [-0.25, -0.2) is 8.42 Å². The molecule has 0 unspecified atom stereocenters. The number of aromatic nitrogens is 2. The molecule has 3 aliphatic rings. The van der Waals surface area contributed by atoms with E-state index in [-0.39, 0.29) is 28.6 Å². The van der Waals surface area contributed by atoms with E-state index < -0.39 is 27.5 Å². The summed E-state index contributed by atoms with van der Waals surface area (Å²) in [6, 6.07) is 10.8. The van der Waals surface area contributed by atoms with Crippen LogP contribution in [-0.4, -0.2) is 61.6 Å². The molecule has 1 aromatic heterocycles. The molecule has 0 aliphatic carbocycles. The third-order valence-electron chi connectivity index (χ3n) is 6.90. The summed E-state index contributed by atoms with van der Waals surface area (Å²) in [5.74, 6) is -0.734. The Balaban J connectivity index is 1.35. The molecule has 2 aromatic carbocycles. The van der Waals surface area contributed by atoms with Gasteiger partial charge in [0.2, 0.25) is 11.8 Å². The Morgan fingerprint density at radius 2 is 1.92 bits per heavy atom. The van der Waals surface area contributed by atoms with Crippen molar-refractivity contribution >= 4 is 39.0 Å². The van der Waals surface area contributed by atoms with Crippen molar-refractivity contribution in [3.8, 4) is 11.5 Å². The third-order valence-corrected chi connectivity index (χ3v) is 8.96. The number of ether oxygens (including phenoxy) is 1. The van der Waals surface area contributed by atoms with Gasteiger partial charge in [0, 0.05) is 17.2 Å². The maximum absolute atomic E-state index is 13.2. The van der Waals surface area contributed by atoms with Crippen molar-refractivity contribution in [2.24, 2.45) is 5.73 Å². The van der Waals surface area contributed by atoms with Gasteiger partial charge in [0.1, 0.15) is 5.60 Å². The number of nitrogens with zero attached hydrogens (tertiary/aromatic N) is 4. The van der Waals surface area contributed by atoms with Crippen LogP contribution in [0.4, 0.5) is 11.7 Å². The lowest BCUT2D eigenvalue weighted by Gasteiger charge is -2.45. The maximum atomic E-state index is 13.2. The van der Waals surface area contributed by atoms with Crippen LogP contribution in [0.15, 0.2) is 51.8 Å². The van der Waals surface area contributed by atoms with Gasteiger partial charge in [0.05, 0.1) is 42.0 Å². The molecule has 1 atom stereocenters. The van der Waals surface area contributed by atoms with Gasteiger partial charge in [0.15, 0.2) is 9.84 Å². The number of sulfone groups is 1. The Morgan fingerprint density at radius 3 is 2.64 bits per heavy atom. The average molecular weight is 530 g/mol. The highest BCUT2D eigenvalue weighted by molar-refractivity contribution is 7.91. The van der Waals surface area contributed by atoms with Gasteiger partial charge in [-0.3, -0.25) is 4.79 Å². The van der Waals surface area contributed by atoms with E-state index in [1.54, 1.807) is 36.4 Å². The van der Waals surface area contributed by atoms with Crippen LogP contribution in [0.2, 0.25) is 5.02 Å². The molecule has 0 bridgehead atoms. The molecule has 2 fully saturated rings. The quantitative estimate of drug-likeness (QED) is 0.541. The standard InChI is InChI=1S/C24H24ClN5O5S/c25-17-5-2-15(3-6-17)11-30-19-10-16(4-7-20(19)36(32,33)12-18(26)22(30)31)21-27-28-23(35-21)29-13-24(14-29)8-1-9-34-24/h2-7,10,18H,1,8-9,11-14,26H2/t18-/m0/s1.